The van der Waals surface area contributed by atoms with Crippen LogP contribution in [0.15, 0.2) is 12.1 Å². The Kier molecular flexibility index (Phi) is 4.25. The molecule has 19 heavy (non-hydrogen) atoms. The van der Waals surface area contributed by atoms with Crippen molar-refractivity contribution in [3.05, 3.63) is 34.4 Å². The van der Waals surface area contributed by atoms with Crippen molar-refractivity contribution in [1.29, 1.82) is 0 Å². The predicted octanol–water partition coefficient (Wildman–Crippen LogP) is 2.20. The van der Waals surface area contributed by atoms with Gasteiger partial charge in [-0.1, -0.05) is 24.6 Å². The van der Waals surface area contributed by atoms with E-state index in [9.17, 15) is 4.79 Å². The van der Waals surface area contributed by atoms with Gasteiger partial charge in [0.25, 0.3) is 5.91 Å². The van der Waals surface area contributed by atoms with Crippen LogP contribution in [0.5, 0.6) is 0 Å². The summed E-state index contributed by atoms with van der Waals surface area (Å²) >= 11 is 0. The number of hydrogen-bond acceptors (Lipinski definition) is 2. The molecule has 0 saturated carbocycles. The summed E-state index contributed by atoms with van der Waals surface area (Å²) in [6.07, 6.45) is 0. The molecule has 1 aliphatic rings. The van der Waals surface area contributed by atoms with Crippen molar-refractivity contribution in [3.8, 4) is 0 Å². The van der Waals surface area contributed by atoms with Crippen molar-refractivity contribution in [2.45, 2.75) is 27.7 Å². The van der Waals surface area contributed by atoms with Crippen LogP contribution in [-0.4, -0.2) is 25.5 Å². The molecule has 0 bridgehead atoms. The molecular formula is C16H24N2O. The second kappa shape index (κ2) is 5.74. The van der Waals surface area contributed by atoms with Crippen LogP contribution < -0.4 is 10.6 Å². The van der Waals surface area contributed by atoms with E-state index in [0.717, 1.165) is 36.3 Å². The van der Waals surface area contributed by atoms with E-state index in [4.69, 9.17) is 0 Å². The average Bonchev–Trinajstić information content (AvgIpc) is 2.70. The molecule has 1 fully saturated rings. The number of hydrogen-bond donors (Lipinski definition) is 2. The Bertz CT molecular complexity index is 459. The Morgan fingerprint density at radius 1 is 1.26 bits per heavy atom. The van der Waals surface area contributed by atoms with Crippen molar-refractivity contribution in [2.24, 2.45) is 11.8 Å². The molecule has 0 spiro atoms. The summed E-state index contributed by atoms with van der Waals surface area (Å²) in [6.45, 7) is 11.1. The van der Waals surface area contributed by atoms with E-state index >= 15 is 0 Å². The first-order valence-electron chi connectivity index (χ1n) is 7.05. The lowest BCUT2D eigenvalue weighted by molar-refractivity contribution is 0.0944. The Morgan fingerprint density at radius 2 is 1.89 bits per heavy atom. The highest BCUT2D eigenvalue weighted by Crippen LogP contribution is 2.18. The molecule has 1 amide bonds. The molecule has 2 N–H and O–H groups in total. The van der Waals surface area contributed by atoms with Crippen molar-refractivity contribution in [2.75, 3.05) is 19.6 Å². The van der Waals surface area contributed by atoms with Crippen LogP contribution in [0.2, 0.25) is 0 Å². The molecule has 3 heteroatoms. The van der Waals surface area contributed by atoms with E-state index in [1.54, 1.807) is 0 Å². The maximum atomic E-state index is 12.3. The zero-order valence-corrected chi connectivity index (χ0v) is 12.3. The standard InChI is InChI=1S/C16H24N2O/c1-10-5-11(2)15(12(3)6-10)16(19)18-9-14-8-17-7-13(14)4/h5-6,13-14,17H,7-9H2,1-4H3,(H,18,19)/t13-,14+/m1/s1. The fraction of sp³-hybridized carbons (Fsp3) is 0.562. The van der Waals surface area contributed by atoms with Gasteiger partial charge in [-0.25, -0.2) is 0 Å². The third-order valence-electron chi connectivity index (χ3n) is 4.11. The number of benzene rings is 1. The van der Waals surface area contributed by atoms with E-state index in [1.165, 1.54) is 5.56 Å². The number of carbonyl (C=O) groups excluding carboxylic acids is 1. The molecule has 1 aromatic rings. The van der Waals surface area contributed by atoms with Crippen molar-refractivity contribution in [3.63, 3.8) is 0 Å². The quantitative estimate of drug-likeness (QED) is 0.875. The Hall–Kier alpha value is -1.35. The highest BCUT2D eigenvalue weighted by atomic mass is 16.1. The minimum Gasteiger partial charge on any atom is -0.352 e. The highest BCUT2D eigenvalue weighted by molar-refractivity contribution is 5.97. The molecule has 104 valence electrons. The molecule has 2 atom stereocenters. The summed E-state index contributed by atoms with van der Waals surface area (Å²) in [4.78, 5) is 12.3. The molecule has 0 aromatic heterocycles. The van der Waals surface area contributed by atoms with Crippen LogP contribution in [0.4, 0.5) is 0 Å². The lowest BCUT2D eigenvalue weighted by Gasteiger charge is -2.16. The number of rotatable bonds is 3. The Balaban J connectivity index is 2.04. The molecule has 3 nitrogen and oxygen atoms in total. The first-order chi connectivity index (χ1) is 8.99. The van der Waals surface area contributed by atoms with Crippen molar-refractivity contribution < 1.29 is 4.79 Å². The molecule has 0 radical (unpaired) electrons. The average molecular weight is 260 g/mol. The van der Waals surface area contributed by atoms with Gasteiger partial charge in [-0.3, -0.25) is 4.79 Å². The number of nitrogens with one attached hydrogen (secondary N) is 2. The summed E-state index contributed by atoms with van der Waals surface area (Å²) in [5.74, 6) is 1.25. The van der Waals surface area contributed by atoms with E-state index in [1.807, 2.05) is 13.8 Å². The monoisotopic (exact) mass is 260 g/mol. The predicted molar refractivity (Wildman–Crippen MR) is 78.5 cm³/mol. The van der Waals surface area contributed by atoms with Gasteiger partial charge in [-0.05, 0) is 56.8 Å². The fourth-order valence-electron chi connectivity index (χ4n) is 2.99. The second-order valence-corrected chi connectivity index (χ2v) is 5.88. The Morgan fingerprint density at radius 3 is 2.42 bits per heavy atom. The molecule has 1 saturated heterocycles. The van der Waals surface area contributed by atoms with Crippen LogP contribution >= 0.6 is 0 Å². The second-order valence-electron chi connectivity index (χ2n) is 5.88. The minimum atomic E-state index is 0.0640. The van der Waals surface area contributed by atoms with Crippen LogP contribution in [-0.2, 0) is 0 Å². The van der Waals surface area contributed by atoms with Gasteiger partial charge in [0.15, 0.2) is 0 Å². The minimum absolute atomic E-state index is 0.0640. The molecule has 1 aliphatic heterocycles. The van der Waals surface area contributed by atoms with Crippen LogP contribution in [0.1, 0.15) is 34.0 Å². The third kappa shape index (κ3) is 3.16. The number of aryl methyl sites for hydroxylation is 3. The molecular weight excluding hydrogens is 236 g/mol. The first kappa shape index (κ1) is 14.1. The fourth-order valence-corrected chi connectivity index (χ4v) is 2.99. The van der Waals surface area contributed by atoms with Crippen LogP contribution in [0.25, 0.3) is 0 Å². The lowest BCUT2D eigenvalue weighted by atomic mass is 9.97. The number of amides is 1. The summed E-state index contributed by atoms with van der Waals surface area (Å²) < 4.78 is 0. The van der Waals surface area contributed by atoms with Gasteiger partial charge in [-0.2, -0.15) is 0 Å². The van der Waals surface area contributed by atoms with E-state index in [0.29, 0.717) is 11.8 Å². The summed E-state index contributed by atoms with van der Waals surface area (Å²) in [6, 6.07) is 4.14. The van der Waals surface area contributed by atoms with Crippen LogP contribution in [0.3, 0.4) is 0 Å². The van der Waals surface area contributed by atoms with Gasteiger partial charge < -0.3 is 10.6 Å². The topological polar surface area (TPSA) is 41.1 Å². The van der Waals surface area contributed by atoms with Crippen molar-refractivity contribution in [1.82, 2.24) is 10.6 Å². The Labute approximate surface area is 115 Å². The van der Waals surface area contributed by atoms with Gasteiger partial charge in [0, 0.05) is 12.1 Å². The third-order valence-corrected chi connectivity index (χ3v) is 4.11. The highest BCUT2D eigenvalue weighted by Gasteiger charge is 2.23. The van der Waals surface area contributed by atoms with Gasteiger partial charge >= 0.3 is 0 Å². The van der Waals surface area contributed by atoms with Gasteiger partial charge in [0.2, 0.25) is 0 Å². The lowest BCUT2D eigenvalue weighted by Crippen LogP contribution is -2.32. The summed E-state index contributed by atoms with van der Waals surface area (Å²) in [7, 11) is 0. The molecule has 2 rings (SSSR count). The van der Waals surface area contributed by atoms with Crippen molar-refractivity contribution >= 4 is 5.91 Å². The zero-order valence-electron chi connectivity index (χ0n) is 12.3. The molecule has 0 aliphatic carbocycles. The largest absolute Gasteiger partial charge is 0.352 e. The smallest absolute Gasteiger partial charge is 0.251 e. The normalized spacial score (nSPS) is 22.5. The zero-order chi connectivity index (χ0) is 14.0. The molecule has 1 aromatic carbocycles. The SMILES string of the molecule is Cc1cc(C)c(C(=O)NC[C@@H]2CNC[C@H]2C)c(C)c1. The maximum Gasteiger partial charge on any atom is 0.251 e. The van der Waals surface area contributed by atoms with Gasteiger partial charge in [0.05, 0.1) is 0 Å². The van der Waals surface area contributed by atoms with Gasteiger partial charge in [-0.15, -0.1) is 0 Å². The first-order valence-corrected chi connectivity index (χ1v) is 7.05. The van der Waals surface area contributed by atoms with E-state index < -0.39 is 0 Å². The van der Waals surface area contributed by atoms with Gasteiger partial charge in [0.1, 0.15) is 0 Å². The number of carbonyl (C=O) groups is 1. The van der Waals surface area contributed by atoms with E-state index in [2.05, 4.69) is 36.6 Å². The molecule has 0 unspecified atom stereocenters. The van der Waals surface area contributed by atoms with Crippen LogP contribution in [0, 0.1) is 32.6 Å². The molecule has 1 heterocycles. The maximum absolute atomic E-state index is 12.3. The summed E-state index contributed by atoms with van der Waals surface area (Å²) in [5.41, 5.74) is 4.17. The summed E-state index contributed by atoms with van der Waals surface area (Å²) in [5, 5.41) is 6.46. The van der Waals surface area contributed by atoms with E-state index in [-0.39, 0.29) is 5.91 Å².